The van der Waals surface area contributed by atoms with Gasteiger partial charge < -0.3 is 4.74 Å². The highest BCUT2D eigenvalue weighted by Gasteiger charge is 2.24. The van der Waals surface area contributed by atoms with E-state index in [1.54, 1.807) is 31.2 Å². The van der Waals surface area contributed by atoms with Crippen molar-refractivity contribution in [1.82, 2.24) is 0 Å². The molecule has 0 amide bonds. The van der Waals surface area contributed by atoms with Gasteiger partial charge in [0.05, 0.1) is 11.4 Å². The molecule has 0 bridgehead atoms. The molecule has 0 spiro atoms. The minimum Gasteiger partial charge on any atom is -0.489 e. The number of aryl methyl sites for hydroxylation is 2. The van der Waals surface area contributed by atoms with Crippen molar-refractivity contribution in [2.45, 2.75) is 18.7 Å². The maximum atomic E-state index is 12.7. The first-order valence-corrected chi connectivity index (χ1v) is 8.68. The molecule has 3 rings (SSSR count). The van der Waals surface area contributed by atoms with Crippen LogP contribution in [0.1, 0.15) is 11.1 Å². The summed E-state index contributed by atoms with van der Waals surface area (Å²) in [4.78, 5) is 0.132. The Bertz CT molecular complexity index is 849. The van der Waals surface area contributed by atoms with Crippen LogP contribution < -0.4 is 14.5 Å². The molecule has 122 valence electrons. The lowest BCUT2D eigenvalue weighted by molar-refractivity contribution is 0.195. The monoisotopic (exact) mass is 334 g/mol. The molecule has 0 aliphatic carbocycles. The normalized spacial score (nSPS) is 14.1. The number of benzene rings is 2. The van der Waals surface area contributed by atoms with Gasteiger partial charge in [-0.25, -0.2) is 13.5 Å². The first-order valence-electron chi connectivity index (χ1n) is 7.20. The summed E-state index contributed by atoms with van der Waals surface area (Å²) in [7, 11) is -3.74. The molecule has 0 atom stereocenters. The smallest absolute Gasteiger partial charge is 0.262 e. The van der Waals surface area contributed by atoms with Crippen molar-refractivity contribution in [3.8, 4) is 5.75 Å². The fourth-order valence-corrected chi connectivity index (χ4v) is 3.83. The largest absolute Gasteiger partial charge is 0.489 e. The predicted molar refractivity (Wildman–Crippen MR) is 87.8 cm³/mol. The van der Waals surface area contributed by atoms with E-state index >= 15 is 0 Å². The van der Waals surface area contributed by atoms with Crippen molar-refractivity contribution in [1.29, 1.82) is 0 Å². The average Bonchev–Trinajstić information content (AvgIpc) is 2.47. The summed E-state index contributed by atoms with van der Waals surface area (Å²) in [6.07, 6.45) is 0. The van der Waals surface area contributed by atoms with Crippen LogP contribution in [-0.4, -0.2) is 26.8 Å². The fraction of sp³-hybridized carbons (Fsp3) is 0.250. The lowest BCUT2D eigenvalue weighted by Gasteiger charge is -2.26. The summed E-state index contributed by atoms with van der Waals surface area (Å²) in [6, 6.07) is 10.2. The Balaban J connectivity index is 2.00. The maximum Gasteiger partial charge on any atom is 0.262 e. The van der Waals surface area contributed by atoms with Crippen LogP contribution in [0.2, 0.25) is 0 Å². The summed E-state index contributed by atoms with van der Waals surface area (Å²) in [5.41, 5.74) is 2.48. The molecule has 1 heterocycles. The molecule has 2 N–H and O–H groups in total. The van der Waals surface area contributed by atoms with Gasteiger partial charge >= 0.3 is 0 Å². The molecule has 0 radical (unpaired) electrons. The molecular weight excluding hydrogens is 316 g/mol. The number of ether oxygens (including phenoxy) is 1. The molecule has 6 nitrogen and oxygen atoms in total. The number of sulfonamides is 1. The zero-order valence-corrected chi connectivity index (χ0v) is 13.7. The average molecular weight is 334 g/mol. The molecule has 1 aliphatic heterocycles. The molecule has 23 heavy (non-hydrogen) atoms. The van der Waals surface area contributed by atoms with E-state index in [2.05, 4.69) is 4.72 Å². The van der Waals surface area contributed by atoms with Gasteiger partial charge in [0.1, 0.15) is 18.0 Å². The third-order valence-corrected chi connectivity index (χ3v) is 5.18. The van der Waals surface area contributed by atoms with Gasteiger partial charge in [-0.15, -0.1) is 0 Å². The quantitative estimate of drug-likeness (QED) is 0.902. The van der Waals surface area contributed by atoms with Crippen LogP contribution in [-0.2, 0) is 10.0 Å². The van der Waals surface area contributed by atoms with E-state index < -0.39 is 10.0 Å². The van der Waals surface area contributed by atoms with Gasteiger partial charge in [-0.2, -0.15) is 0 Å². The number of nitrogens with zero attached hydrogens (tertiary/aromatic N) is 1. The summed E-state index contributed by atoms with van der Waals surface area (Å²) in [6.45, 7) is 4.23. The Hall–Kier alpha value is -2.25. The predicted octanol–water partition coefficient (Wildman–Crippen LogP) is 2.69. The van der Waals surface area contributed by atoms with Gasteiger partial charge in [-0.3, -0.25) is 9.93 Å². The molecule has 0 saturated carbocycles. The Morgan fingerprint density at radius 3 is 2.74 bits per heavy atom. The van der Waals surface area contributed by atoms with E-state index in [1.165, 1.54) is 6.07 Å². The molecular formula is C16H18N2O4S. The maximum absolute atomic E-state index is 12.7. The van der Waals surface area contributed by atoms with E-state index in [1.807, 2.05) is 13.0 Å². The second kappa shape index (κ2) is 5.75. The highest BCUT2D eigenvalue weighted by atomic mass is 32.2. The highest BCUT2D eigenvalue weighted by molar-refractivity contribution is 7.92. The number of nitrogens with one attached hydrogen (secondary N) is 1. The van der Waals surface area contributed by atoms with Gasteiger partial charge in [0.2, 0.25) is 0 Å². The fourth-order valence-electron chi connectivity index (χ4n) is 2.54. The second-order valence-corrected chi connectivity index (χ2v) is 7.18. The Kier molecular flexibility index (Phi) is 3.91. The van der Waals surface area contributed by atoms with Crippen molar-refractivity contribution in [2.24, 2.45) is 0 Å². The van der Waals surface area contributed by atoms with E-state index in [0.717, 1.165) is 10.6 Å². The van der Waals surface area contributed by atoms with Gasteiger partial charge in [0.15, 0.2) is 0 Å². The second-order valence-electron chi connectivity index (χ2n) is 5.53. The zero-order chi connectivity index (χ0) is 16.6. The summed E-state index contributed by atoms with van der Waals surface area (Å²) >= 11 is 0. The molecule has 2 aromatic rings. The van der Waals surface area contributed by atoms with Gasteiger partial charge in [-0.05, 0) is 43.2 Å². The molecule has 1 aliphatic rings. The molecule has 2 aromatic carbocycles. The summed E-state index contributed by atoms with van der Waals surface area (Å²) < 4.78 is 33.4. The highest BCUT2D eigenvalue weighted by Crippen LogP contribution is 2.35. The van der Waals surface area contributed by atoms with Crippen molar-refractivity contribution in [3.05, 3.63) is 47.5 Å². The standard InChI is InChI=1S/C16H18N2O4S/c1-11-4-3-5-13(8-11)17-23(20,21)16-10-15-14(9-12(16)2)18(19)6-7-22-15/h3-5,8-10,17,19H,6-7H2,1-2H3. The van der Waals surface area contributed by atoms with E-state index in [9.17, 15) is 13.6 Å². The third-order valence-electron chi connectivity index (χ3n) is 3.66. The number of hydroxylamine groups is 1. The lowest BCUT2D eigenvalue weighted by Crippen LogP contribution is -2.29. The van der Waals surface area contributed by atoms with Gasteiger partial charge in [-0.1, -0.05) is 12.1 Å². The van der Waals surface area contributed by atoms with Crippen molar-refractivity contribution >= 4 is 21.4 Å². The third kappa shape index (κ3) is 3.11. The van der Waals surface area contributed by atoms with Crippen LogP contribution in [0.15, 0.2) is 41.3 Å². The minimum absolute atomic E-state index is 0.132. The van der Waals surface area contributed by atoms with Crippen LogP contribution in [0.3, 0.4) is 0 Å². The van der Waals surface area contributed by atoms with Crippen LogP contribution in [0.25, 0.3) is 0 Å². The molecule has 0 fully saturated rings. The Morgan fingerprint density at radius 1 is 1.22 bits per heavy atom. The van der Waals surface area contributed by atoms with Crippen LogP contribution in [0.5, 0.6) is 5.75 Å². The zero-order valence-electron chi connectivity index (χ0n) is 12.9. The topological polar surface area (TPSA) is 78.9 Å². The first kappa shape index (κ1) is 15.6. The van der Waals surface area contributed by atoms with E-state index in [0.29, 0.717) is 35.8 Å². The number of hydrogen-bond acceptors (Lipinski definition) is 5. The summed E-state index contributed by atoms with van der Waals surface area (Å²) in [5, 5.41) is 10.9. The number of hydrogen-bond donors (Lipinski definition) is 2. The van der Waals surface area contributed by atoms with Crippen molar-refractivity contribution in [3.63, 3.8) is 0 Å². The lowest BCUT2D eigenvalue weighted by atomic mass is 10.2. The Morgan fingerprint density at radius 2 is 2.00 bits per heavy atom. The van der Waals surface area contributed by atoms with Crippen LogP contribution in [0, 0.1) is 13.8 Å². The number of rotatable bonds is 3. The minimum atomic E-state index is -3.74. The molecule has 0 aromatic heterocycles. The van der Waals surface area contributed by atoms with Gasteiger partial charge in [0, 0.05) is 11.8 Å². The number of fused-ring (bicyclic) bond motifs is 1. The summed E-state index contributed by atoms with van der Waals surface area (Å²) in [5.74, 6) is 0.356. The molecule has 0 saturated heterocycles. The number of anilines is 2. The van der Waals surface area contributed by atoms with Crippen LogP contribution in [0.4, 0.5) is 11.4 Å². The molecule has 0 unspecified atom stereocenters. The van der Waals surface area contributed by atoms with E-state index in [4.69, 9.17) is 4.74 Å². The van der Waals surface area contributed by atoms with Crippen molar-refractivity contribution in [2.75, 3.05) is 22.9 Å². The van der Waals surface area contributed by atoms with Crippen molar-refractivity contribution < 1.29 is 18.4 Å². The molecule has 7 heteroatoms. The SMILES string of the molecule is Cc1cccc(NS(=O)(=O)c2cc3c(cc2C)N(O)CCO3)c1. The Labute approximate surface area is 135 Å². The van der Waals surface area contributed by atoms with Gasteiger partial charge in [0.25, 0.3) is 10.0 Å². The first-order chi connectivity index (χ1) is 10.9. The van der Waals surface area contributed by atoms with E-state index in [-0.39, 0.29) is 4.90 Å². The van der Waals surface area contributed by atoms with Crippen LogP contribution >= 0.6 is 0 Å².